The molecule has 1 aromatic rings. The van der Waals surface area contributed by atoms with Crippen molar-refractivity contribution in [1.29, 1.82) is 0 Å². The van der Waals surface area contributed by atoms with Gasteiger partial charge in [-0.25, -0.2) is 0 Å². The van der Waals surface area contributed by atoms with Crippen molar-refractivity contribution in [3.63, 3.8) is 0 Å². The van der Waals surface area contributed by atoms with Crippen LogP contribution in [0.15, 0.2) is 30.3 Å². The van der Waals surface area contributed by atoms with Crippen LogP contribution in [0.3, 0.4) is 0 Å². The maximum Gasteiger partial charge on any atom is 0.231 e. The largest absolute Gasteiger partial charge is 0.330 e. The van der Waals surface area contributed by atoms with Crippen molar-refractivity contribution in [2.75, 3.05) is 18.0 Å². The van der Waals surface area contributed by atoms with E-state index in [0.717, 1.165) is 18.7 Å². The maximum absolute atomic E-state index is 11.8. The Balaban J connectivity index is 0.00000112. The van der Waals surface area contributed by atoms with Crippen LogP contribution in [0.2, 0.25) is 0 Å². The molecule has 0 saturated carbocycles. The average Bonchev–Trinajstić information content (AvgIpc) is 2.61. The standard InChI is InChI=1S/C11H14N2O.ClH/c12-8-9-6-7-13(11(9)14)10-4-2-1-3-5-10;/h1-5,9H,6-8,12H2;1H. The molecule has 0 aliphatic carbocycles. The predicted molar refractivity (Wildman–Crippen MR) is 63.2 cm³/mol. The van der Waals surface area contributed by atoms with E-state index in [1.807, 2.05) is 35.2 Å². The van der Waals surface area contributed by atoms with Gasteiger partial charge in [0.15, 0.2) is 0 Å². The number of rotatable bonds is 2. The highest BCUT2D eigenvalue weighted by atomic mass is 35.5. The third-order valence-corrected chi connectivity index (χ3v) is 2.67. The predicted octanol–water partition coefficient (Wildman–Crippen LogP) is 1.42. The molecule has 3 nitrogen and oxygen atoms in total. The number of hydrogen-bond acceptors (Lipinski definition) is 2. The Bertz CT molecular complexity index is 329. The summed E-state index contributed by atoms with van der Waals surface area (Å²) in [5, 5.41) is 0. The van der Waals surface area contributed by atoms with Gasteiger partial charge in [0.2, 0.25) is 5.91 Å². The lowest BCUT2D eigenvalue weighted by atomic mass is 10.1. The lowest BCUT2D eigenvalue weighted by Crippen LogP contribution is -2.29. The van der Waals surface area contributed by atoms with Crippen LogP contribution in [-0.4, -0.2) is 19.0 Å². The van der Waals surface area contributed by atoms with E-state index in [-0.39, 0.29) is 24.2 Å². The molecule has 15 heavy (non-hydrogen) atoms. The summed E-state index contributed by atoms with van der Waals surface area (Å²) in [6, 6.07) is 9.74. The average molecular weight is 227 g/mol. The third-order valence-electron chi connectivity index (χ3n) is 2.67. The van der Waals surface area contributed by atoms with Crippen LogP contribution < -0.4 is 10.6 Å². The summed E-state index contributed by atoms with van der Waals surface area (Å²) < 4.78 is 0. The van der Waals surface area contributed by atoms with Crippen molar-refractivity contribution in [2.45, 2.75) is 6.42 Å². The molecule has 2 rings (SSSR count). The molecule has 0 bridgehead atoms. The van der Waals surface area contributed by atoms with Crippen molar-refractivity contribution in [3.8, 4) is 0 Å². The van der Waals surface area contributed by atoms with Crippen molar-refractivity contribution in [3.05, 3.63) is 30.3 Å². The number of carbonyl (C=O) groups excluding carboxylic acids is 1. The van der Waals surface area contributed by atoms with E-state index in [0.29, 0.717) is 6.54 Å². The first-order valence-electron chi connectivity index (χ1n) is 4.89. The zero-order chi connectivity index (χ0) is 9.97. The Hall–Kier alpha value is -1.06. The molecular formula is C11H15ClN2O. The second kappa shape index (κ2) is 5.14. The number of benzene rings is 1. The van der Waals surface area contributed by atoms with Gasteiger partial charge in [-0.15, -0.1) is 12.4 Å². The molecule has 0 aromatic heterocycles. The summed E-state index contributed by atoms with van der Waals surface area (Å²) in [6.07, 6.45) is 0.879. The Kier molecular flexibility index (Phi) is 4.12. The van der Waals surface area contributed by atoms with Gasteiger partial charge >= 0.3 is 0 Å². The fourth-order valence-corrected chi connectivity index (χ4v) is 1.82. The Morgan fingerprint density at radius 3 is 2.53 bits per heavy atom. The molecule has 1 fully saturated rings. The fourth-order valence-electron chi connectivity index (χ4n) is 1.82. The van der Waals surface area contributed by atoms with Gasteiger partial charge < -0.3 is 10.6 Å². The Morgan fingerprint density at radius 1 is 1.33 bits per heavy atom. The highest BCUT2D eigenvalue weighted by Gasteiger charge is 2.30. The molecule has 2 N–H and O–H groups in total. The summed E-state index contributed by atoms with van der Waals surface area (Å²) in [7, 11) is 0. The van der Waals surface area contributed by atoms with Crippen molar-refractivity contribution in [1.82, 2.24) is 0 Å². The van der Waals surface area contributed by atoms with Crippen LogP contribution in [0.5, 0.6) is 0 Å². The molecule has 82 valence electrons. The normalized spacial score (nSPS) is 20.2. The van der Waals surface area contributed by atoms with Crippen LogP contribution in [-0.2, 0) is 4.79 Å². The van der Waals surface area contributed by atoms with Crippen LogP contribution in [0.25, 0.3) is 0 Å². The van der Waals surface area contributed by atoms with Crippen LogP contribution in [0, 0.1) is 5.92 Å². The maximum atomic E-state index is 11.8. The molecule has 1 aliphatic rings. The minimum absolute atomic E-state index is 0. The van der Waals surface area contributed by atoms with Crippen molar-refractivity contribution >= 4 is 24.0 Å². The van der Waals surface area contributed by atoms with E-state index in [1.54, 1.807) is 0 Å². The lowest BCUT2D eigenvalue weighted by molar-refractivity contribution is -0.120. The molecule has 1 unspecified atom stereocenters. The van der Waals surface area contributed by atoms with Gasteiger partial charge in [0.05, 0.1) is 5.92 Å². The van der Waals surface area contributed by atoms with Crippen LogP contribution >= 0.6 is 12.4 Å². The SMILES string of the molecule is Cl.NCC1CCN(c2ccccc2)C1=O. The topological polar surface area (TPSA) is 46.3 Å². The van der Waals surface area contributed by atoms with Gasteiger partial charge in [0.1, 0.15) is 0 Å². The first-order valence-corrected chi connectivity index (χ1v) is 4.89. The minimum Gasteiger partial charge on any atom is -0.330 e. The Morgan fingerprint density at radius 2 is 2.00 bits per heavy atom. The number of para-hydroxylation sites is 1. The molecule has 1 heterocycles. The number of carbonyl (C=O) groups is 1. The highest BCUT2D eigenvalue weighted by molar-refractivity contribution is 5.97. The van der Waals surface area contributed by atoms with E-state index < -0.39 is 0 Å². The zero-order valence-electron chi connectivity index (χ0n) is 8.43. The molecule has 4 heteroatoms. The van der Waals surface area contributed by atoms with Gasteiger partial charge in [-0.1, -0.05) is 18.2 Å². The number of halogens is 1. The van der Waals surface area contributed by atoms with Gasteiger partial charge in [-0.2, -0.15) is 0 Å². The molecule has 1 aromatic carbocycles. The van der Waals surface area contributed by atoms with Gasteiger partial charge in [-0.3, -0.25) is 4.79 Å². The summed E-state index contributed by atoms with van der Waals surface area (Å²) >= 11 is 0. The Labute approximate surface area is 95.7 Å². The first-order chi connectivity index (χ1) is 6.83. The number of hydrogen-bond donors (Lipinski definition) is 1. The third kappa shape index (κ3) is 2.30. The molecular weight excluding hydrogens is 212 g/mol. The molecule has 1 atom stereocenters. The van der Waals surface area contributed by atoms with Gasteiger partial charge in [0, 0.05) is 18.8 Å². The number of anilines is 1. The van der Waals surface area contributed by atoms with E-state index in [4.69, 9.17) is 5.73 Å². The van der Waals surface area contributed by atoms with Gasteiger partial charge in [0.25, 0.3) is 0 Å². The quantitative estimate of drug-likeness (QED) is 0.829. The lowest BCUT2D eigenvalue weighted by Gasteiger charge is -2.16. The minimum atomic E-state index is 0. The second-order valence-corrected chi connectivity index (χ2v) is 3.55. The second-order valence-electron chi connectivity index (χ2n) is 3.55. The smallest absolute Gasteiger partial charge is 0.231 e. The fraction of sp³-hybridized carbons (Fsp3) is 0.364. The number of nitrogens with zero attached hydrogens (tertiary/aromatic N) is 1. The molecule has 1 amide bonds. The van der Waals surface area contributed by atoms with Crippen LogP contribution in [0.4, 0.5) is 5.69 Å². The van der Waals surface area contributed by atoms with Gasteiger partial charge in [-0.05, 0) is 18.6 Å². The van der Waals surface area contributed by atoms with Crippen molar-refractivity contribution in [2.24, 2.45) is 11.7 Å². The molecule has 0 spiro atoms. The van der Waals surface area contributed by atoms with E-state index in [2.05, 4.69) is 0 Å². The highest BCUT2D eigenvalue weighted by Crippen LogP contribution is 2.23. The zero-order valence-corrected chi connectivity index (χ0v) is 9.24. The summed E-state index contributed by atoms with van der Waals surface area (Å²) in [5.41, 5.74) is 6.50. The first kappa shape index (κ1) is 12.0. The summed E-state index contributed by atoms with van der Waals surface area (Å²) in [6.45, 7) is 1.26. The molecule has 1 saturated heterocycles. The van der Waals surface area contributed by atoms with Crippen molar-refractivity contribution < 1.29 is 4.79 Å². The van der Waals surface area contributed by atoms with E-state index >= 15 is 0 Å². The van der Waals surface area contributed by atoms with Crippen LogP contribution in [0.1, 0.15) is 6.42 Å². The molecule has 1 aliphatic heterocycles. The molecule has 0 radical (unpaired) electrons. The number of nitrogens with two attached hydrogens (primary N) is 1. The van der Waals surface area contributed by atoms with E-state index in [1.165, 1.54) is 0 Å². The number of amides is 1. The summed E-state index contributed by atoms with van der Waals surface area (Å²) in [4.78, 5) is 13.6. The van der Waals surface area contributed by atoms with E-state index in [9.17, 15) is 4.79 Å². The summed E-state index contributed by atoms with van der Waals surface area (Å²) in [5.74, 6) is 0.189. The monoisotopic (exact) mass is 226 g/mol.